The number of piperidine rings is 1. The fourth-order valence-electron chi connectivity index (χ4n) is 1.40. The molecule has 0 amide bonds. The smallest absolute Gasteiger partial charge is 0.124 e. The molecule has 0 radical (unpaired) electrons. The summed E-state index contributed by atoms with van der Waals surface area (Å²) in [6, 6.07) is 0. The average molecular weight is 295 g/mol. The lowest BCUT2D eigenvalue weighted by atomic mass is 9.95. The average Bonchev–Trinajstić information content (AvgIpc) is 2.40. The summed E-state index contributed by atoms with van der Waals surface area (Å²) in [7, 11) is 0. The summed E-state index contributed by atoms with van der Waals surface area (Å²) in [6.45, 7) is 0.914. The molecule has 10 heteroatoms. The number of aliphatic hydroxyl groups excluding tert-OH is 5. The second-order valence-electron chi connectivity index (χ2n) is 4.19. The largest absolute Gasteiger partial charge is 0.547 e. The maximum atomic E-state index is 9.63. The second kappa shape index (κ2) is 8.79. The Morgan fingerprint density at radius 3 is 1.85 bits per heavy atom. The summed E-state index contributed by atoms with van der Waals surface area (Å²) >= 11 is 0. The van der Waals surface area contributed by atoms with Crippen molar-refractivity contribution in [1.29, 1.82) is 0 Å². The van der Waals surface area contributed by atoms with Gasteiger partial charge in [0.15, 0.2) is 0 Å². The first-order valence-corrected chi connectivity index (χ1v) is 5.67. The number of aliphatic hydroxyl groups is 5. The molecule has 0 bridgehead atoms. The Labute approximate surface area is 113 Å². The van der Waals surface area contributed by atoms with E-state index in [1.54, 1.807) is 0 Å². The summed E-state index contributed by atoms with van der Waals surface area (Å²) in [4.78, 5) is 19.3. The Morgan fingerprint density at radius 1 is 1.10 bits per heavy atom. The van der Waals surface area contributed by atoms with Crippen LogP contribution in [-0.4, -0.2) is 81.6 Å². The van der Waals surface area contributed by atoms with E-state index in [0.29, 0.717) is 13.1 Å². The van der Waals surface area contributed by atoms with Crippen LogP contribution in [0.2, 0.25) is 0 Å². The molecule has 0 saturated carbocycles. The lowest BCUT2D eigenvalue weighted by Gasteiger charge is -2.30. The minimum Gasteiger partial charge on any atom is -0.547 e. The zero-order valence-corrected chi connectivity index (χ0v) is 10.4. The van der Waals surface area contributed by atoms with Gasteiger partial charge < -0.3 is 50.7 Å². The summed E-state index contributed by atoms with van der Waals surface area (Å²) in [5.74, 6) is -4.34. The van der Waals surface area contributed by atoms with E-state index in [1.165, 1.54) is 0 Å². The monoisotopic (exact) mass is 295 g/mol. The molecule has 6 N–H and O–H groups in total. The zero-order valence-electron chi connectivity index (χ0n) is 10.4. The third kappa shape index (κ3) is 5.77. The minimum absolute atomic E-state index is 0.0781. The molecule has 0 unspecified atom stereocenters. The van der Waals surface area contributed by atoms with Gasteiger partial charge in [-0.1, -0.05) is 0 Å². The van der Waals surface area contributed by atoms with Gasteiger partial charge in [-0.3, -0.25) is 0 Å². The number of carbonyl (C=O) groups is 2. The molecule has 1 aliphatic rings. The van der Waals surface area contributed by atoms with Crippen LogP contribution >= 0.6 is 0 Å². The fraction of sp³-hybridized carbons (Fsp3) is 0.800. The fourth-order valence-corrected chi connectivity index (χ4v) is 1.40. The van der Waals surface area contributed by atoms with Gasteiger partial charge in [0.2, 0.25) is 0 Å². The van der Waals surface area contributed by atoms with Gasteiger partial charge in [-0.2, -0.15) is 0 Å². The van der Waals surface area contributed by atoms with E-state index < -0.39 is 36.4 Å². The van der Waals surface area contributed by atoms with Crippen LogP contribution in [-0.2, 0) is 9.59 Å². The molecular formula is C10H17NO9-2. The highest BCUT2D eigenvalue weighted by Gasteiger charge is 2.29. The van der Waals surface area contributed by atoms with Crippen molar-refractivity contribution in [2.75, 3.05) is 19.7 Å². The highest BCUT2D eigenvalue weighted by molar-refractivity contribution is 5.80. The number of aliphatic carboxylic acids is 2. The molecular weight excluding hydrogens is 278 g/mol. The van der Waals surface area contributed by atoms with E-state index >= 15 is 0 Å². The number of carbonyl (C=O) groups excluding carboxylic acids is 2. The zero-order chi connectivity index (χ0) is 15.9. The first kappa shape index (κ1) is 18.7. The molecule has 1 heterocycles. The molecule has 20 heavy (non-hydrogen) atoms. The van der Waals surface area contributed by atoms with E-state index in [9.17, 15) is 24.9 Å². The maximum Gasteiger partial charge on any atom is 0.124 e. The van der Waals surface area contributed by atoms with Gasteiger partial charge in [0.05, 0.1) is 24.1 Å². The van der Waals surface area contributed by atoms with Gasteiger partial charge in [-0.15, -0.1) is 0 Å². The number of hydrogen-bond acceptors (Lipinski definition) is 10. The van der Waals surface area contributed by atoms with Crippen LogP contribution in [0.25, 0.3) is 0 Å². The molecule has 1 rings (SSSR count). The third-order valence-electron chi connectivity index (χ3n) is 2.65. The predicted octanol–water partition coefficient (Wildman–Crippen LogP) is -6.87. The summed E-state index contributed by atoms with van der Waals surface area (Å²) < 4.78 is 0. The van der Waals surface area contributed by atoms with Gasteiger partial charge in [-0.05, 0) is 0 Å². The number of β-amino-alcohol motifs (C(OH)–C–C–N with tert-alkyl or cyclic N) is 1. The second-order valence-corrected chi connectivity index (χ2v) is 4.19. The quantitative estimate of drug-likeness (QED) is 0.290. The molecule has 118 valence electrons. The Morgan fingerprint density at radius 2 is 1.55 bits per heavy atom. The first-order chi connectivity index (χ1) is 9.22. The standard InChI is InChI=1S/C6H13NO3.C4H6O6/c8-3-4-1-7-2-5(9)6(4)10;5-1(3(7)8)2(6)4(9)10/h4-10H,1-3H2;1-2,5-6H,(H,7,8)(H,9,10)/p-2/t4-,5-,6-;1-,2-/m10/s1. The van der Waals surface area contributed by atoms with Crippen LogP contribution in [0.5, 0.6) is 0 Å². The molecule has 0 aliphatic carbocycles. The van der Waals surface area contributed by atoms with Gasteiger partial charge in [0.1, 0.15) is 12.2 Å². The SMILES string of the molecule is O=C([O-])[C@@H](O)[C@H](O)C(=O)[O-].OC[C@H]1CNC[C@@H](O)[C@@H]1O. The minimum atomic E-state index is -2.44. The van der Waals surface area contributed by atoms with Crippen LogP contribution in [0.3, 0.4) is 0 Å². The summed E-state index contributed by atoms with van der Waals surface area (Å²) in [6.07, 6.45) is -6.38. The van der Waals surface area contributed by atoms with E-state index in [-0.39, 0.29) is 12.5 Å². The van der Waals surface area contributed by atoms with Crippen molar-refractivity contribution < 1.29 is 45.3 Å². The van der Waals surface area contributed by atoms with Gasteiger partial charge in [-0.25, -0.2) is 0 Å². The van der Waals surface area contributed by atoms with Gasteiger partial charge in [0, 0.05) is 25.6 Å². The Bertz CT molecular complexity index is 306. The van der Waals surface area contributed by atoms with Crippen molar-refractivity contribution >= 4 is 11.9 Å². The predicted molar refractivity (Wildman–Crippen MR) is 57.5 cm³/mol. The topological polar surface area (TPSA) is 193 Å². The van der Waals surface area contributed by atoms with Crippen LogP contribution in [0.4, 0.5) is 0 Å². The molecule has 10 nitrogen and oxygen atoms in total. The molecule has 1 fully saturated rings. The Balaban J connectivity index is 0.000000361. The van der Waals surface area contributed by atoms with Gasteiger partial charge in [0.25, 0.3) is 0 Å². The van der Waals surface area contributed by atoms with Crippen LogP contribution in [0, 0.1) is 5.92 Å². The highest BCUT2D eigenvalue weighted by Crippen LogP contribution is 2.10. The normalized spacial score (nSPS) is 28.8. The van der Waals surface area contributed by atoms with Crippen molar-refractivity contribution in [1.82, 2.24) is 5.32 Å². The Hall–Kier alpha value is -1.30. The maximum absolute atomic E-state index is 9.63. The molecule has 5 atom stereocenters. The van der Waals surface area contributed by atoms with Crippen molar-refractivity contribution in [2.24, 2.45) is 5.92 Å². The van der Waals surface area contributed by atoms with Crippen molar-refractivity contribution in [3.8, 4) is 0 Å². The van der Waals surface area contributed by atoms with E-state index in [0.717, 1.165) is 0 Å². The lowest BCUT2D eigenvalue weighted by Crippen LogP contribution is -2.51. The molecule has 1 aliphatic heterocycles. The molecule has 0 aromatic carbocycles. The molecule has 0 aromatic rings. The number of nitrogens with one attached hydrogen (secondary N) is 1. The van der Waals surface area contributed by atoms with Crippen LogP contribution in [0.1, 0.15) is 0 Å². The van der Waals surface area contributed by atoms with E-state index in [4.69, 9.17) is 20.4 Å². The highest BCUT2D eigenvalue weighted by atomic mass is 16.4. The molecule has 0 aromatic heterocycles. The number of rotatable bonds is 4. The van der Waals surface area contributed by atoms with Crippen molar-refractivity contribution in [3.63, 3.8) is 0 Å². The van der Waals surface area contributed by atoms with Gasteiger partial charge >= 0.3 is 0 Å². The summed E-state index contributed by atoms with van der Waals surface area (Å²) in [5.41, 5.74) is 0. The molecule has 1 saturated heterocycles. The number of carboxylic acids is 2. The lowest BCUT2D eigenvalue weighted by molar-refractivity contribution is -0.333. The van der Waals surface area contributed by atoms with Crippen molar-refractivity contribution in [3.05, 3.63) is 0 Å². The van der Waals surface area contributed by atoms with E-state index in [2.05, 4.69) is 5.32 Å². The first-order valence-electron chi connectivity index (χ1n) is 5.67. The van der Waals surface area contributed by atoms with Crippen molar-refractivity contribution in [2.45, 2.75) is 24.4 Å². The Kier molecular flexibility index (Phi) is 8.22. The summed E-state index contributed by atoms with van der Waals surface area (Å²) in [5, 5.41) is 65.5. The third-order valence-corrected chi connectivity index (χ3v) is 2.65. The van der Waals surface area contributed by atoms with Crippen LogP contribution in [0.15, 0.2) is 0 Å². The van der Waals surface area contributed by atoms with E-state index in [1.807, 2.05) is 0 Å². The number of hydrogen-bond donors (Lipinski definition) is 6. The number of carboxylic acid groups (broad SMARTS) is 2. The van der Waals surface area contributed by atoms with Crippen LogP contribution < -0.4 is 15.5 Å². The molecule has 0 spiro atoms.